The lowest BCUT2D eigenvalue weighted by molar-refractivity contribution is -0.186. The molecule has 0 aliphatic carbocycles. The van der Waals surface area contributed by atoms with Crippen LogP contribution < -0.4 is 0 Å². The summed E-state index contributed by atoms with van der Waals surface area (Å²) in [5.74, 6) is -0.154. The van der Waals surface area contributed by atoms with Gasteiger partial charge in [0, 0.05) is 5.88 Å². The maximum Gasteiger partial charge on any atom is 0.219 e. The standard InChI is InChI=1S/C12H12ClNO3/c13-5-6-17-14-7-9-3-1-2-4-10(9)12(14)11(16)8-15/h1-4,8,12H,5-7H2. The number of benzene rings is 1. The van der Waals surface area contributed by atoms with Crippen LogP contribution in [0.5, 0.6) is 0 Å². The predicted octanol–water partition coefficient (Wildman–Crippen LogP) is 1.48. The van der Waals surface area contributed by atoms with Gasteiger partial charge in [-0.05, 0) is 11.1 Å². The molecule has 1 heterocycles. The van der Waals surface area contributed by atoms with Crippen molar-refractivity contribution in [2.24, 2.45) is 0 Å². The molecule has 2 rings (SSSR count). The summed E-state index contributed by atoms with van der Waals surface area (Å²) in [5.41, 5.74) is 1.83. The van der Waals surface area contributed by atoms with Gasteiger partial charge in [-0.1, -0.05) is 24.3 Å². The SMILES string of the molecule is O=CC(=O)C1c2ccccc2CN1OCCCl. The Morgan fingerprint density at radius 3 is 3.00 bits per heavy atom. The molecule has 17 heavy (non-hydrogen) atoms. The molecule has 1 aromatic rings. The van der Waals surface area contributed by atoms with Gasteiger partial charge in [-0.3, -0.25) is 14.4 Å². The first kappa shape index (κ1) is 12.2. The van der Waals surface area contributed by atoms with Crippen LogP contribution in [0.25, 0.3) is 0 Å². The number of halogens is 1. The fraction of sp³-hybridized carbons (Fsp3) is 0.333. The lowest BCUT2D eigenvalue weighted by atomic mass is 10.0. The highest BCUT2D eigenvalue weighted by molar-refractivity contribution is 6.27. The van der Waals surface area contributed by atoms with E-state index in [9.17, 15) is 9.59 Å². The molecule has 1 aromatic carbocycles. The molecule has 0 N–H and O–H groups in total. The Morgan fingerprint density at radius 1 is 1.53 bits per heavy atom. The summed E-state index contributed by atoms with van der Waals surface area (Å²) in [5, 5.41) is 1.52. The lowest BCUT2D eigenvalue weighted by Gasteiger charge is -2.21. The summed E-state index contributed by atoms with van der Waals surface area (Å²) in [7, 11) is 0. The molecule has 0 radical (unpaired) electrons. The molecule has 0 saturated heterocycles. The minimum atomic E-state index is -0.632. The van der Waals surface area contributed by atoms with Gasteiger partial charge in [0.05, 0.1) is 13.2 Å². The third-order valence-corrected chi connectivity index (χ3v) is 2.84. The molecular formula is C12H12ClNO3. The Bertz CT molecular complexity index is 436. The monoisotopic (exact) mass is 253 g/mol. The summed E-state index contributed by atoms with van der Waals surface area (Å²) in [4.78, 5) is 27.7. The summed E-state index contributed by atoms with van der Waals surface area (Å²) in [6.45, 7) is 0.815. The van der Waals surface area contributed by atoms with Crippen LogP contribution >= 0.6 is 11.6 Å². The fourth-order valence-electron chi connectivity index (χ4n) is 1.99. The molecule has 5 heteroatoms. The molecule has 0 fully saturated rings. The molecule has 1 atom stereocenters. The third-order valence-electron chi connectivity index (χ3n) is 2.68. The molecule has 90 valence electrons. The zero-order valence-corrected chi connectivity index (χ0v) is 9.89. The molecule has 0 spiro atoms. The van der Waals surface area contributed by atoms with Crippen molar-refractivity contribution in [3.8, 4) is 0 Å². The Morgan fingerprint density at radius 2 is 2.29 bits per heavy atom. The van der Waals surface area contributed by atoms with Gasteiger partial charge in [-0.2, -0.15) is 5.06 Å². The van der Waals surface area contributed by atoms with Crippen molar-refractivity contribution in [3.05, 3.63) is 35.4 Å². The zero-order chi connectivity index (χ0) is 12.3. The largest absolute Gasteiger partial charge is 0.296 e. The molecule has 0 bridgehead atoms. The van der Waals surface area contributed by atoms with E-state index in [1.807, 2.05) is 24.3 Å². The number of nitrogens with zero attached hydrogens (tertiary/aromatic N) is 1. The quantitative estimate of drug-likeness (QED) is 0.453. The van der Waals surface area contributed by atoms with E-state index in [1.165, 1.54) is 5.06 Å². The van der Waals surface area contributed by atoms with Crippen LogP contribution in [0.4, 0.5) is 0 Å². The van der Waals surface area contributed by atoms with Crippen molar-refractivity contribution >= 4 is 23.7 Å². The molecule has 0 aromatic heterocycles. The van der Waals surface area contributed by atoms with Crippen molar-refractivity contribution < 1.29 is 14.4 Å². The summed E-state index contributed by atoms with van der Waals surface area (Å²) < 4.78 is 0. The van der Waals surface area contributed by atoms with Gasteiger partial charge < -0.3 is 0 Å². The molecule has 1 aliphatic heterocycles. The minimum Gasteiger partial charge on any atom is -0.296 e. The Balaban J connectivity index is 2.26. The Labute approximate surface area is 104 Å². The lowest BCUT2D eigenvalue weighted by Crippen LogP contribution is -2.29. The number of hydroxylamine groups is 2. The van der Waals surface area contributed by atoms with Gasteiger partial charge in [-0.15, -0.1) is 11.6 Å². The number of rotatable bonds is 5. The van der Waals surface area contributed by atoms with E-state index in [0.29, 0.717) is 25.3 Å². The topological polar surface area (TPSA) is 46.6 Å². The van der Waals surface area contributed by atoms with Crippen LogP contribution in [0.15, 0.2) is 24.3 Å². The van der Waals surface area contributed by atoms with Crippen molar-refractivity contribution in [3.63, 3.8) is 0 Å². The van der Waals surface area contributed by atoms with E-state index >= 15 is 0 Å². The maximum absolute atomic E-state index is 11.6. The van der Waals surface area contributed by atoms with Gasteiger partial charge in [-0.25, -0.2) is 0 Å². The predicted molar refractivity (Wildman–Crippen MR) is 62.5 cm³/mol. The van der Waals surface area contributed by atoms with Crippen molar-refractivity contribution in [1.82, 2.24) is 5.06 Å². The van der Waals surface area contributed by atoms with E-state index in [0.717, 1.165) is 11.1 Å². The smallest absolute Gasteiger partial charge is 0.219 e. The van der Waals surface area contributed by atoms with E-state index in [2.05, 4.69) is 0 Å². The van der Waals surface area contributed by atoms with Crippen molar-refractivity contribution in [2.45, 2.75) is 12.6 Å². The van der Waals surface area contributed by atoms with E-state index < -0.39 is 11.8 Å². The van der Waals surface area contributed by atoms with Crippen LogP contribution in [-0.2, 0) is 21.0 Å². The highest BCUT2D eigenvalue weighted by Gasteiger charge is 2.35. The second kappa shape index (κ2) is 5.40. The van der Waals surface area contributed by atoms with Crippen molar-refractivity contribution in [2.75, 3.05) is 12.5 Å². The Kier molecular flexibility index (Phi) is 3.89. The van der Waals surface area contributed by atoms with Crippen LogP contribution in [0.3, 0.4) is 0 Å². The average molecular weight is 254 g/mol. The zero-order valence-electron chi connectivity index (χ0n) is 9.14. The van der Waals surface area contributed by atoms with Crippen LogP contribution in [0.2, 0.25) is 0 Å². The maximum atomic E-state index is 11.6. The van der Waals surface area contributed by atoms with Gasteiger partial charge in [0.1, 0.15) is 6.04 Å². The van der Waals surface area contributed by atoms with E-state index in [-0.39, 0.29) is 0 Å². The summed E-state index contributed by atoms with van der Waals surface area (Å²) in [6, 6.07) is 6.86. The number of Topliss-reactive ketones (excluding diaryl/α,β-unsaturated/α-hetero) is 1. The number of carbonyl (C=O) groups excluding carboxylic acids is 2. The van der Waals surface area contributed by atoms with E-state index in [1.54, 1.807) is 0 Å². The fourth-order valence-corrected chi connectivity index (χ4v) is 2.06. The average Bonchev–Trinajstić information content (AvgIpc) is 2.73. The number of alkyl halides is 1. The second-order valence-electron chi connectivity index (χ2n) is 3.72. The molecular weight excluding hydrogens is 242 g/mol. The first-order valence-corrected chi connectivity index (χ1v) is 5.83. The highest BCUT2D eigenvalue weighted by Crippen LogP contribution is 2.33. The van der Waals surface area contributed by atoms with Crippen LogP contribution in [0.1, 0.15) is 17.2 Å². The number of fused-ring (bicyclic) bond motifs is 1. The van der Waals surface area contributed by atoms with Gasteiger partial charge in [0.25, 0.3) is 0 Å². The molecule has 1 aliphatic rings. The van der Waals surface area contributed by atoms with Gasteiger partial charge >= 0.3 is 0 Å². The summed E-state index contributed by atoms with van der Waals surface area (Å²) in [6.07, 6.45) is 0.337. The number of hydrogen-bond donors (Lipinski definition) is 0. The molecule has 0 amide bonds. The number of aldehydes is 1. The first-order chi connectivity index (χ1) is 8.27. The number of ketones is 1. The van der Waals surface area contributed by atoms with Crippen molar-refractivity contribution in [1.29, 1.82) is 0 Å². The third kappa shape index (κ3) is 2.39. The molecule has 4 nitrogen and oxygen atoms in total. The summed E-state index contributed by atoms with van der Waals surface area (Å²) >= 11 is 5.55. The van der Waals surface area contributed by atoms with Gasteiger partial charge in [0.15, 0.2) is 6.29 Å². The highest BCUT2D eigenvalue weighted by atomic mass is 35.5. The van der Waals surface area contributed by atoms with Gasteiger partial charge in [0.2, 0.25) is 5.78 Å². The first-order valence-electron chi connectivity index (χ1n) is 5.30. The minimum absolute atomic E-state index is 0.318. The second-order valence-corrected chi connectivity index (χ2v) is 4.10. The molecule has 0 saturated carbocycles. The number of carbonyl (C=O) groups is 2. The van der Waals surface area contributed by atoms with E-state index in [4.69, 9.17) is 16.4 Å². The molecule has 1 unspecified atom stereocenters. The Hall–Kier alpha value is -1.23. The number of hydrogen-bond acceptors (Lipinski definition) is 4. The normalized spacial score (nSPS) is 19.0. The van der Waals surface area contributed by atoms with Crippen LogP contribution in [-0.4, -0.2) is 29.6 Å². The van der Waals surface area contributed by atoms with Crippen LogP contribution in [0, 0.1) is 0 Å².